The van der Waals surface area contributed by atoms with Gasteiger partial charge in [0.05, 0.1) is 23.5 Å². The molecule has 0 saturated carbocycles. The molecule has 0 spiro atoms. The highest BCUT2D eigenvalue weighted by Crippen LogP contribution is 2.30. The highest BCUT2D eigenvalue weighted by molar-refractivity contribution is 7.92. The van der Waals surface area contributed by atoms with Gasteiger partial charge in [-0.05, 0) is 43.2 Å². The van der Waals surface area contributed by atoms with Crippen LogP contribution in [0, 0.1) is 19.8 Å². The third kappa shape index (κ3) is 4.33. The number of hydrogen-bond acceptors (Lipinski definition) is 4. The minimum Gasteiger partial charge on any atom is -0.324 e. The first kappa shape index (κ1) is 19.9. The summed E-state index contributed by atoms with van der Waals surface area (Å²) in [6.07, 6.45) is 1.16. The van der Waals surface area contributed by atoms with Crippen LogP contribution in [0.1, 0.15) is 17.5 Å². The summed E-state index contributed by atoms with van der Waals surface area (Å²) in [5, 5.41) is 2.75. The summed E-state index contributed by atoms with van der Waals surface area (Å²) in [6, 6.07) is 12.3. The van der Waals surface area contributed by atoms with Crippen molar-refractivity contribution < 1.29 is 18.0 Å². The highest BCUT2D eigenvalue weighted by Gasteiger charge is 2.36. The van der Waals surface area contributed by atoms with Gasteiger partial charge in [0.1, 0.15) is 0 Å². The SMILES string of the molecule is Cc1cccc(N2CC(C(=O)Nc3ccccc3NS(C)(=O)=O)CC2=O)c1C. The Balaban J connectivity index is 1.77. The molecule has 1 aliphatic heterocycles. The summed E-state index contributed by atoms with van der Waals surface area (Å²) < 4.78 is 25.4. The zero-order chi connectivity index (χ0) is 20.5. The van der Waals surface area contributed by atoms with Crippen molar-refractivity contribution in [1.29, 1.82) is 0 Å². The number of benzene rings is 2. The number of nitrogens with one attached hydrogen (secondary N) is 2. The van der Waals surface area contributed by atoms with Gasteiger partial charge in [0.2, 0.25) is 21.8 Å². The number of sulfonamides is 1. The molecule has 1 saturated heterocycles. The van der Waals surface area contributed by atoms with Crippen LogP contribution in [0.4, 0.5) is 17.1 Å². The second-order valence-corrected chi connectivity index (χ2v) is 8.78. The molecule has 1 unspecified atom stereocenters. The standard InChI is InChI=1S/C20H23N3O4S/c1-13-7-6-10-18(14(13)2)23-12-15(11-19(23)24)20(25)21-16-8-4-5-9-17(16)22-28(3,26)27/h4-10,15,22H,11-12H2,1-3H3,(H,21,25). The van der Waals surface area contributed by atoms with E-state index in [9.17, 15) is 18.0 Å². The summed E-state index contributed by atoms with van der Waals surface area (Å²) in [7, 11) is -3.48. The normalized spacial score (nSPS) is 16.9. The van der Waals surface area contributed by atoms with E-state index in [1.54, 1.807) is 29.2 Å². The van der Waals surface area contributed by atoms with Crippen LogP contribution in [0.5, 0.6) is 0 Å². The summed E-state index contributed by atoms with van der Waals surface area (Å²) in [4.78, 5) is 26.9. The Labute approximate surface area is 164 Å². The van der Waals surface area contributed by atoms with E-state index in [1.807, 2.05) is 32.0 Å². The zero-order valence-electron chi connectivity index (χ0n) is 16.0. The topological polar surface area (TPSA) is 95.6 Å². The molecule has 3 rings (SSSR count). The maximum atomic E-state index is 12.7. The number of aryl methyl sites for hydroxylation is 1. The van der Waals surface area contributed by atoms with Gasteiger partial charge in [0.25, 0.3) is 0 Å². The van der Waals surface area contributed by atoms with Crippen LogP contribution in [-0.4, -0.2) is 33.0 Å². The molecule has 2 aromatic carbocycles. The van der Waals surface area contributed by atoms with E-state index in [1.165, 1.54) is 0 Å². The van der Waals surface area contributed by atoms with Crippen LogP contribution in [0.2, 0.25) is 0 Å². The Morgan fingerprint density at radius 2 is 1.75 bits per heavy atom. The summed E-state index contributed by atoms with van der Waals surface area (Å²) in [5.41, 5.74) is 3.56. The number of anilines is 3. The largest absolute Gasteiger partial charge is 0.324 e. The third-order valence-electron chi connectivity index (χ3n) is 4.84. The number of carbonyl (C=O) groups excluding carboxylic acids is 2. The predicted molar refractivity (Wildman–Crippen MR) is 110 cm³/mol. The van der Waals surface area contributed by atoms with E-state index in [0.717, 1.165) is 23.1 Å². The van der Waals surface area contributed by atoms with Gasteiger partial charge in [0.15, 0.2) is 0 Å². The fourth-order valence-corrected chi connectivity index (χ4v) is 3.84. The Kier molecular flexibility index (Phi) is 5.42. The third-order valence-corrected chi connectivity index (χ3v) is 5.43. The van der Waals surface area contributed by atoms with Gasteiger partial charge in [-0.15, -0.1) is 0 Å². The Hall–Kier alpha value is -2.87. The number of para-hydroxylation sites is 2. The van der Waals surface area contributed by atoms with E-state index in [0.29, 0.717) is 5.69 Å². The molecule has 1 atom stereocenters. The molecular formula is C20H23N3O4S. The minimum absolute atomic E-state index is 0.101. The van der Waals surface area contributed by atoms with E-state index < -0.39 is 15.9 Å². The molecule has 7 nitrogen and oxygen atoms in total. The van der Waals surface area contributed by atoms with Crippen LogP contribution < -0.4 is 14.9 Å². The molecule has 0 radical (unpaired) electrons. The van der Waals surface area contributed by atoms with Crippen LogP contribution in [-0.2, 0) is 19.6 Å². The van der Waals surface area contributed by atoms with Gasteiger partial charge in [0, 0.05) is 18.7 Å². The van der Waals surface area contributed by atoms with Crippen molar-refractivity contribution in [2.45, 2.75) is 20.3 Å². The molecule has 0 bridgehead atoms. The summed E-state index contributed by atoms with van der Waals surface area (Å²) in [6.45, 7) is 4.23. The smallest absolute Gasteiger partial charge is 0.229 e. The molecule has 1 heterocycles. The van der Waals surface area contributed by atoms with E-state index in [4.69, 9.17) is 0 Å². The molecule has 1 aliphatic rings. The molecule has 1 fully saturated rings. The van der Waals surface area contributed by atoms with Crippen molar-refractivity contribution in [2.24, 2.45) is 5.92 Å². The molecule has 0 aromatic heterocycles. The molecule has 0 aliphatic carbocycles. The molecule has 2 N–H and O–H groups in total. The Morgan fingerprint density at radius 1 is 1.07 bits per heavy atom. The number of nitrogens with zero attached hydrogens (tertiary/aromatic N) is 1. The van der Waals surface area contributed by atoms with Gasteiger partial charge < -0.3 is 10.2 Å². The van der Waals surface area contributed by atoms with Gasteiger partial charge in [-0.25, -0.2) is 8.42 Å². The lowest BCUT2D eigenvalue weighted by atomic mass is 10.1. The predicted octanol–water partition coefficient (Wildman–Crippen LogP) is 2.67. The van der Waals surface area contributed by atoms with Crippen molar-refractivity contribution in [3.63, 3.8) is 0 Å². The fourth-order valence-electron chi connectivity index (χ4n) is 3.26. The Morgan fingerprint density at radius 3 is 2.43 bits per heavy atom. The van der Waals surface area contributed by atoms with E-state index in [2.05, 4.69) is 10.0 Å². The first-order valence-corrected chi connectivity index (χ1v) is 10.8. The fraction of sp³-hybridized carbons (Fsp3) is 0.300. The number of hydrogen-bond donors (Lipinski definition) is 2. The molecule has 8 heteroatoms. The molecule has 148 valence electrons. The first-order chi connectivity index (χ1) is 13.2. The molecule has 2 amide bonds. The molecular weight excluding hydrogens is 378 g/mol. The lowest BCUT2D eigenvalue weighted by Gasteiger charge is -2.20. The van der Waals surface area contributed by atoms with Crippen molar-refractivity contribution in [3.05, 3.63) is 53.6 Å². The maximum absolute atomic E-state index is 12.7. The number of rotatable bonds is 5. The van der Waals surface area contributed by atoms with Crippen LogP contribution in [0.15, 0.2) is 42.5 Å². The first-order valence-electron chi connectivity index (χ1n) is 8.90. The van der Waals surface area contributed by atoms with Gasteiger partial charge in [-0.3, -0.25) is 14.3 Å². The average molecular weight is 401 g/mol. The quantitative estimate of drug-likeness (QED) is 0.805. The van der Waals surface area contributed by atoms with Crippen molar-refractivity contribution in [3.8, 4) is 0 Å². The maximum Gasteiger partial charge on any atom is 0.229 e. The lowest BCUT2D eigenvalue weighted by molar-refractivity contribution is -0.122. The van der Waals surface area contributed by atoms with E-state index in [-0.39, 0.29) is 30.5 Å². The zero-order valence-corrected chi connectivity index (χ0v) is 16.8. The number of carbonyl (C=O) groups is 2. The van der Waals surface area contributed by atoms with E-state index >= 15 is 0 Å². The highest BCUT2D eigenvalue weighted by atomic mass is 32.2. The molecule has 28 heavy (non-hydrogen) atoms. The lowest BCUT2D eigenvalue weighted by Crippen LogP contribution is -2.29. The van der Waals surface area contributed by atoms with Crippen molar-refractivity contribution >= 4 is 38.9 Å². The van der Waals surface area contributed by atoms with Gasteiger partial charge in [-0.1, -0.05) is 24.3 Å². The van der Waals surface area contributed by atoms with Crippen molar-refractivity contribution in [1.82, 2.24) is 0 Å². The van der Waals surface area contributed by atoms with Crippen LogP contribution in [0.25, 0.3) is 0 Å². The number of amides is 2. The van der Waals surface area contributed by atoms with Gasteiger partial charge in [-0.2, -0.15) is 0 Å². The second-order valence-electron chi connectivity index (χ2n) is 7.03. The minimum atomic E-state index is -3.48. The van der Waals surface area contributed by atoms with Crippen LogP contribution in [0.3, 0.4) is 0 Å². The Bertz CT molecular complexity index is 1030. The average Bonchev–Trinajstić information content (AvgIpc) is 2.99. The molecule has 2 aromatic rings. The summed E-state index contributed by atoms with van der Waals surface area (Å²) >= 11 is 0. The van der Waals surface area contributed by atoms with Crippen LogP contribution >= 0.6 is 0 Å². The second kappa shape index (κ2) is 7.63. The monoisotopic (exact) mass is 401 g/mol. The summed E-state index contributed by atoms with van der Waals surface area (Å²) in [5.74, 6) is -0.931. The van der Waals surface area contributed by atoms with Gasteiger partial charge >= 0.3 is 0 Å². The van der Waals surface area contributed by atoms with Crippen molar-refractivity contribution in [2.75, 3.05) is 27.7 Å².